The Balaban J connectivity index is 2.29. The number of rotatable bonds is 8. The first-order valence-corrected chi connectivity index (χ1v) is 10.5. The average molecular weight is 346 g/mol. The topological polar surface area (TPSA) is 21.3 Å². The Morgan fingerprint density at radius 2 is 1.56 bits per heavy atom. The second-order valence-electron chi connectivity index (χ2n) is 8.53. The van der Waals surface area contributed by atoms with Crippen molar-refractivity contribution in [2.24, 2.45) is 11.8 Å². The maximum Gasteiger partial charge on any atom is 0.0775 e. The molecule has 1 aromatic carbocycles. The quantitative estimate of drug-likeness (QED) is 0.564. The monoisotopic (exact) mass is 345 g/mol. The Morgan fingerprint density at radius 3 is 2.12 bits per heavy atom. The lowest BCUT2D eigenvalue weighted by Gasteiger charge is -2.30. The summed E-state index contributed by atoms with van der Waals surface area (Å²) >= 11 is 0. The number of hydrogen-bond donors (Lipinski definition) is 1. The molecular weight excluding hydrogens is 306 g/mol. The summed E-state index contributed by atoms with van der Waals surface area (Å²) in [6, 6.07) is 7.33. The van der Waals surface area contributed by atoms with Gasteiger partial charge in [-0.05, 0) is 55.6 Å². The third kappa shape index (κ3) is 6.33. The van der Waals surface area contributed by atoms with Crippen molar-refractivity contribution in [1.29, 1.82) is 0 Å². The zero-order valence-corrected chi connectivity index (χ0v) is 17.1. The molecule has 0 saturated heterocycles. The molecule has 0 heterocycles. The summed E-state index contributed by atoms with van der Waals surface area (Å²) in [7, 11) is 0. The minimum absolute atomic E-state index is 0.353. The third-order valence-corrected chi connectivity index (χ3v) is 5.16. The van der Waals surface area contributed by atoms with Crippen molar-refractivity contribution in [2.45, 2.75) is 91.7 Å². The van der Waals surface area contributed by atoms with Crippen LogP contribution in [0.1, 0.15) is 77.8 Å². The molecular formula is C23H39NO. The molecule has 2 heteroatoms. The molecule has 2 unspecified atom stereocenters. The minimum atomic E-state index is 0.353. The summed E-state index contributed by atoms with van der Waals surface area (Å²) in [4.78, 5) is 0. The Labute approximate surface area is 155 Å². The van der Waals surface area contributed by atoms with Gasteiger partial charge in [0.2, 0.25) is 0 Å². The van der Waals surface area contributed by atoms with Crippen LogP contribution in [-0.4, -0.2) is 18.8 Å². The van der Waals surface area contributed by atoms with Crippen LogP contribution in [0.5, 0.6) is 0 Å². The van der Waals surface area contributed by atoms with Crippen LogP contribution in [0.2, 0.25) is 0 Å². The number of anilines is 1. The molecule has 25 heavy (non-hydrogen) atoms. The SMILES string of the molecule is CCOC1CCCCCC1Nc1c(CC(C)C)cccc1CC(C)C. The fraction of sp³-hybridized carbons (Fsp3) is 0.739. The molecule has 0 spiro atoms. The van der Waals surface area contributed by atoms with Gasteiger partial charge in [-0.1, -0.05) is 65.2 Å². The van der Waals surface area contributed by atoms with E-state index in [4.69, 9.17) is 4.74 Å². The summed E-state index contributed by atoms with van der Waals surface area (Å²) in [5.41, 5.74) is 4.36. The first-order valence-electron chi connectivity index (χ1n) is 10.5. The van der Waals surface area contributed by atoms with Gasteiger partial charge in [-0.25, -0.2) is 0 Å². The molecule has 1 fully saturated rings. The molecule has 0 radical (unpaired) electrons. The first-order chi connectivity index (χ1) is 12.0. The highest BCUT2D eigenvalue weighted by molar-refractivity contribution is 5.59. The lowest BCUT2D eigenvalue weighted by molar-refractivity contribution is 0.0445. The van der Waals surface area contributed by atoms with E-state index in [9.17, 15) is 0 Å². The van der Waals surface area contributed by atoms with Crippen LogP contribution in [0.4, 0.5) is 5.69 Å². The molecule has 1 N–H and O–H groups in total. The van der Waals surface area contributed by atoms with Gasteiger partial charge in [-0.15, -0.1) is 0 Å². The summed E-state index contributed by atoms with van der Waals surface area (Å²) in [6.45, 7) is 12.2. The van der Waals surface area contributed by atoms with Gasteiger partial charge in [-0.2, -0.15) is 0 Å². The van der Waals surface area contributed by atoms with E-state index in [1.807, 2.05) is 0 Å². The maximum atomic E-state index is 6.13. The fourth-order valence-electron chi connectivity index (χ4n) is 4.10. The largest absolute Gasteiger partial charge is 0.379 e. The summed E-state index contributed by atoms with van der Waals surface area (Å²) < 4.78 is 6.13. The van der Waals surface area contributed by atoms with Crippen molar-refractivity contribution >= 4 is 5.69 Å². The van der Waals surface area contributed by atoms with E-state index in [1.54, 1.807) is 0 Å². The number of nitrogens with one attached hydrogen (secondary N) is 1. The molecule has 2 rings (SSSR count). The van der Waals surface area contributed by atoms with Crippen molar-refractivity contribution in [1.82, 2.24) is 0 Å². The minimum Gasteiger partial charge on any atom is -0.379 e. The summed E-state index contributed by atoms with van der Waals surface area (Å²) in [5.74, 6) is 1.35. The molecule has 0 aliphatic heterocycles. The second kappa shape index (κ2) is 10.2. The van der Waals surface area contributed by atoms with Crippen LogP contribution in [0.3, 0.4) is 0 Å². The highest BCUT2D eigenvalue weighted by Crippen LogP contribution is 2.30. The lowest BCUT2D eigenvalue weighted by atomic mass is 9.93. The number of ether oxygens (including phenoxy) is 1. The van der Waals surface area contributed by atoms with E-state index >= 15 is 0 Å². The Bertz CT molecular complexity index is 481. The Kier molecular flexibility index (Phi) is 8.29. The number of hydrogen-bond acceptors (Lipinski definition) is 2. The van der Waals surface area contributed by atoms with Gasteiger partial charge in [0.1, 0.15) is 0 Å². The molecule has 0 amide bonds. The van der Waals surface area contributed by atoms with Gasteiger partial charge in [0.25, 0.3) is 0 Å². The van der Waals surface area contributed by atoms with Gasteiger partial charge < -0.3 is 10.1 Å². The van der Waals surface area contributed by atoms with E-state index in [2.05, 4.69) is 58.1 Å². The van der Waals surface area contributed by atoms with Crippen molar-refractivity contribution in [2.75, 3.05) is 11.9 Å². The number of para-hydroxylation sites is 1. The second-order valence-corrected chi connectivity index (χ2v) is 8.53. The molecule has 2 nitrogen and oxygen atoms in total. The van der Waals surface area contributed by atoms with Crippen LogP contribution < -0.4 is 5.32 Å². The van der Waals surface area contributed by atoms with Crippen molar-refractivity contribution in [3.8, 4) is 0 Å². The highest BCUT2D eigenvalue weighted by atomic mass is 16.5. The molecule has 1 aromatic rings. The predicted molar refractivity (Wildman–Crippen MR) is 109 cm³/mol. The molecule has 142 valence electrons. The molecule has 1 aliphatic carbocycles. The van der Waals surface area contributed by atoms with Gasteiger partial charge in [0.05, 0.1) is 12.1 Å². The standard InChI is InChI=1S/C23H39NO/c1-6-25-22-14-9-7-8-13-21(22)24-23-19(15-17(2)3)11-10-12-20(23)16-18(4)5/h10-12,17-18,21-22,24H,6-9,13-16H2,1-5H3. The van der Waals surface area contributed by atoms with E-state index in [-0.39, 0.29) is 0 Å². The zero-order valence-electron chi connectivity index (χ0n) is 17.1. The maximum absolute atomic E-state index is 6.13. The van der Waals surface area contributed by atoms with Gasteiger partial charge >= 0.3 is 0 Å². The van der Waals surface area contributed by atoms with Crippen molar-refractivity contribution in [3.05, 3.63) is 29.3 Å². The predicted octanol–water partition coefficient (Wildman–Crippen LogP) is 6.23. The van der Waals surface area contributed by atoms with Crippen molar-refractivity contribution in [3.63, 3.8) is 0 Å². The average Bonchev–Trinajstić information content (AvgIpc) is 2.75. The molecule has 0 bridgehead atoms. The zero-order chi connectivity index (χ0) is 18.2. The van der Waals surface area contributed by atoms with Crippen LogP contribution in [0.15, 0.2) is 18.2 Å². The summed E-state index contributed by atoms with van der Waals surface area (Å²) in [6.07, 6.45) is 9.00. The third-order valence-electron chi connectivity index (χ3n) is 5.16. The van der Waals surface area contributed by atoms with Crippen LogP contribution in [0.25, 0.3) is 0 Å². The first kappa shape index (κ1) is 20.3. The fourth-order valence-corrected chi connectivity index (χ4v) is 4.10. The van der Waals surface area contributed by atoms with E-state index < -0.39 is 0 Å². The molecule has 1 aliphatic rings. The van der Waals surface area contributed by atoms with E-state index in [1.165, 1.54) is 48.9 Å². The van der Waals surface area contributed by atoms with E-state index in [0.717, 1.165) is 19.4 Å². The molecule has 0 aromatic heterocycles. The Hall–Kier alpha value is -1.02. The van der Waals surface area contributed by atoms with Gasteiger partial charge in [-0.3, -0.25) is 0 Å². The van der Waals surface area contributed by atoms with Crippen LogP contribution >= 0.6 is 0 Å². The normalized spacial score (nSPS) is 21.6. The van der Waals surface area contributed by atoms with E-state index in [0.29, 0.717) is 24.0 Å². The Morgan fingerprint density at radius 1 is 0.960 bits per heavy atom. The summed E-state index contributed by atoms with van der Waals surface area (Å²) in [5, 5.41) is 3.98. The van der Waals surface area contributed by atoms with Gasteiger partial charge in [0, 0.05) is 12.3 Å². The smallest absolute Gasteiger partial charge is 0.0775 e. The highest BCUT2D eigenvalue weighted by Gasteiger charge is 2.25. The number of benzene rings is 1. The van der Waals surface area contributed by atoms with Crippen LogP contribution in [0, 0.1) is 11.8 Å². The van der Waals surface area contributed by atoms with Crippen LogP contribution in [-0.2, 0) is 17.6 Å². The van der Waals surface area contributed by atoms with Gasteiger partial charge in [0.15, 0.2) is 0 Å². The molecule has 2 atom stereocenters. The molecule has 1 saturated carbocycles. The lowest BCUT2D eigenvalue weighted by Crippen LogP contribution is -2.35. The van der Waals surface area contributed by atoms with Crippen molar-refractivity contribution < 1.29 is 4.74 Å².